The molecule has 1 fully saturated rings. The first-order chi connectivity index (χ1) is 15.2. The molecule has 7 nitrogen and oxygen atoms in total. The van der Waals surface area contributed by atoms with E-state index in [-0.39, 0.29) is 0 Å². The Balaban J connectivity index is 1.34. The zero-order valence-corrected chi connectivity index (χ0v) is 18.1. The Kier molecular flexibility index (Phi) is 6.84. The molecule has 0 aliphatic carbocycles. The number of aromatic nitrogens is 2. The summed E-state index contributed by atoms with van der Waals surface area (Å²) in [5.74, 6) is 2.93. The van der Waals surface area contributed by atoms with E-state index >= 15 is 0 Å². The van der Waals surface area contributed by atoms with Crippen LogP contribution < -0.4 is 20.1 Å². The fourth-order valence-corrected chi connectivity index (χ4v) is 3.66. The minimum absolute atomic E-state index is 0.522. The average Bonchev–Trinajstić information content (AvgIpc) is 3.30. The van der Waals surface area contributed by atoms with Crippen LogP contribution in [-0.4, -0.2) is 48.2 Å². The van der Waals surface area contributed by atoms with Gasteiger partial charge >= 0.3 is 0 Å². The lowest BCUT2D eigenvalue weighted by atomic mass is 10.2. The first-order valence-corrected chi connectivity index (χ1v) is 10.7. The quantitative estimate of drug-likeness (QED) is 0.518. The molecule has 0 bridgehead atoms. The lowest BCUT2D eigenvalue weighted by Crippen LogP contribution is -2.25. The highest BCUT2D eigenvalue weighted by atomic mass is 16.5. The standard InChI is InChI=1S/C24H29N5O2/c1-18-21(6-5-7-22(18)30-2)27-23-12-13-25-24(28-23)26-19-8-10-20(11-9-19)31-17-16-29-14-3-4-15-29/h5-13H,3-4,14-17H2,1-2H3,(H2,25,26,27,28). The molecular formula is C24H29N5O2. The number of nitrogens with zero attached hydrogens (tertiary/aromatic N) is 3. The Morgan fingerprint density at radius 1 is 1.00 bits per heavy atom. The number of methoxy groups -OCH3 is 1. The van der Waals surface area contributed by atoms with Crippen molar-refractivity contribution in [3.63, 3.8) is 0 Å². The van der Waals surface area contributed by atoms with Crippen LogP contribution in [0.5, 0.6) is 11.5 Å². The van der Waals surface area contributed by atoms with Crippen LogP contribution in [0.15, 0.2) is 54.7 Å². The fourth-order valence-electron chi connectivity index (χ4n) is 3.66. The lowest BCUT2D eigenvalue weighted by molar-refractivity contribution is 0.238. The summed E-state index contributed by atoms with van der Waals surface area (Å²) in [4.78, 5) is 11.3. The third-order valence-electron chi connectivity index (χ3n) is 5.41. The number of likely N-dealkylation sites (tertiary alicyclic amines) is 1. The van der Waals surface area contributed by atoms with Crippen molar-refractivity contribution in [2.24, 2.45) is 0 Å². The molecule has 0 radical (unpaired) electrons. The number of ether oxygens (including phenoxy) is 2. The normalized spacial score (nSPS) is 13.7. The maximum atomic E-state index is 5.87. The highest BCUT2D eigenvalue weighted by Crippen LogP contribution is 2.27. The van der Waals surface area contributed by atoms with Gasteiger partial charge in [0.2, 0.25) is 5.95 Å². The molecule has 0 atom stereocenters. The van der Waals surface area contributed by atoms with Gasteiger partial charge in [-0.3, -0.25) is 4.90 Å². The Bertz CT molecular complexity index is 988. The second kappa shape index (κ2) is 10.1. The monoisotopic (exact) mass is 419 g/mol. The molecule has 162 valence electrons. The summed E-state index contributed by atoms with van der Waals surface area (Å²) in [7, 11) is 1.67. The number of anilines is 4. The average molecular weight is 420 g/mol. The highest BCUT2D eigenvalue weighted by molar-refractivity contribution is 5.65. The number of benzene rings is 2. The number of hydrogen-bond donors (Lipinski definition) is 2. The molecule has 4 rings (SSSR count). The molecule has 0 unspecified atom stereocenters. The van der Waals surface area contributed by atoms with E-state index in [0.29, 0.717) is 18.4 Å². The molecule has 7 heteroatoms. The van der Waals surface area contributed by atoms with Gasteiger partial charge in [-0.25, -0.2) is 4.98 Å². The molecule has 1 aromatic heterocycles. The van der Waals surface area contributed by atoms with Crippen molar-refractivity contribution in [3.8, 4) is 11.5 Å². The fraction of sp³-hybridized carbons (Fsp3) is 0.333. The van der Waals surface area contributed by atoms with Crippen LogP contribution in [0, 0.1) is 6.92 Å². The van der Waals surface area contributed by atoms with Crippen molar-refractivity contribution < 1.29 is 9.47 Å². The van der Waals surface area contributed by atoms with Crippen LogP contribution in [0.3, 0.4) is 0 Å². The van der Waals surface area contributed by atoms with E-state index in [1.807, 2.05) is 55.5 Å². The van der Waals surface area contributed by atoms with E-state index in [4.69, 9.17) is 9.47 Å². The van der Waals surface area contributed by atoms with Gasteiger partial charge in [-0.1, -0.05) is 6.07 Å². The molecule has 2 N–H and O–H groups in total. The molecule has 1 saturated heterocycles. The van der Waals surface area contributed by atoms with Gasteiger partial charge in [-0.15, -0.1) is 0 Å². The van der Waals surface area contributed by atoms with Crippen LogP contribution in [0.25, 0.3) is 0 Å². The summed E-state index contributed by atoms with van der Waals surface area (Å²) >= 11 is 0. The molecule has 1 aliphatic rings. The van der Waals surface area contributed by atoms with E-state index in [2.05, 4.69) is 25.5 Å². The van der Waals surface area contributed by atoms with E-state index in [1.165, 1.54) is 25.9 Å². The third-order valence-corrected chi connectivity index (χ3v) is 5.41. The Labute approximate surface area is 183 Å². The van der Waals surface area contributed by atoms with E-state index in [9.17, 15) is 0 Å². The van der Waals surface area contributed by atoms with Crippen molar-refractivity contribution in [3.05, 3.63) is 60.3 Å². The molecule has 2 aromatic carbocycles. The molecule has 0 spiro atoms. The predicted octanol–water partition coefficient (Wildman–Crippen LogP) is 4.76. The topological polar surface area (TPSA) is 71.5 Å². The summed E-state index contributed by atoms with van der Waals surface area (Å²) < 4.78 is 11.3. The van der Waals surface area contributed by atoms with Gasteiger partial charge in [-0.05, 0) is 75.3 Å². The summed E-state index contributed by atoms with van der Waals surface area (Å²) in [6, 6.07) is 15.6. The molecule has 0 amide bonds. The van der Waals surface area contributed by atoms with Crippen LogP contribution >= 0.6 is 0 Å². The summed E-state index contributed by atoms with van der Waals surface area (Å²) in [5.41, 5.74) is 2.87. The van der Waals surface area contributed by atoms with Crippen molar-refractivity contribution >= 4 is 23.1 Å². The lowest BCUT2D eigenvalue weighted by Gasteiger charge is -2.15. The van der Waals surface area contributed by atoms with Gasteiger partial charge in [-0.2, -0.15) is 4.98 Å². The maximum Gasteiger partial charge on any atom is 0.229 e. The van der Waals surface area contributed by atoms with E-state index in [0.717, 1.165) is 35.0 Å². The Hall–Kier alpha value is -3.32. The van der Waals surface area contributed by atoms with E-state index in [1.54, 1.807) is 13.3 Å². The Morgan fingerprint density at radius 2 is 1.81 bits per heavy atom. The van der Waals surface area contributed by atoms with Crippen LogP contribution in [0.2, 0.25) is 0 Å². The molecular weight excluding hydrogens is 390 g/mol. The minimum Gasteiger partial charge on any atom is -0.496 e. The summed E-state index contributed by atoms with van der Waals surface area (Å²) in [6.45, 7) is 6.10. The zero-order chi connectivity index (χ0) is 21.5. The van der Waals surface area contributed by atoms with Gasteiger partial charge < -0.3 is 20.1 Å². The predicted molar refractivity (Wildman–Crippen MR) is 124 cm³/mol. The molecule has 3 aromatic rings. The van der Waals surface area contributed by atoms with Gasteiger partial charge in [0.25, 0.3) is 0 Å². The van der Waals surface area contributed by atoms with Crippen LogP contribution in [0.1, 0.15) is 18.4 Å². The van der Waals surface area contributed by atoms with Crippen LogP contribution in [-0.2, 0) is 0 Å². The Morgan fingerprint density at radius 3 is 2.58 bits per heavy atom. The maximum absolute atomic E-state index is 5.87. The largest absolute Gasteiger partial charge is 0.496 e. The van der Waals surface area contributed by atoms with Crippen molar-refractivity contribution in [2.45, 2.75) is 19.8 Å². The summed E-state index contributed by atoms with van der Waals surface area (Å²) in [6.07, 6.45) is 4.33. The molecule has 31 heavy (non-hydrogen) atoms. The van der Waals surface area contributed by atoms with Crippen molar-refractivity contribution in [1.82, 2.24) is 14.9 Å². The van der Waals surface area contributed by atoms with Crippen molar-refractivity contribution in [1.29, 1.82) is 0 Å². The number of rotatable bonds is 9. The van der Waals surface area contributed by atoms with Gasteiger partial charge in [0.1, 0.15) is 23.9 Å². The first kappa shape index (κ1) is 20.9. The molecule has 2 heterocycles. The molecule has 1 aliphatic heterocycles. The van der Waals surface area contributed by atoms with Crippen molar-refractivity contribution in [2.75, 3.05) is 44.0 Å². The third kappa shape index (κ3) is 5.64. The van der Waals surface area contributed by atoms with E-state index < -0.39 is 0 Å². The second-order valence-electron chi connectivity index (χ2n) is 7.57. The van der Waals surface area contributed by atoms with Gasteiger partial charge in [0.15, 0.2) is 0 Å². The highest BCUT2D eigenvalue weighted by Gasteiger charge is 2.11. The van der Waals surface area contributed by atoms with Crippen LogP contribution in [0.4, 0.5) is 23.1 Å². The summed E-state index contributed by atoms with van der Waals surface area (Å²) in [5, 5.41) is 6.58. The van der Waals surface area contributed by atoms with Gasteiger partial charge in [0, 0.05) is 29.7 Å². The number of nitrogens with one attached hydrogen (secondary N) is 2. The smallest absolute Gasteiger partial charge is 0.229 e. The molecule has 0 saturated carbocycles. The zero-order valence-electron chi connectivity index (χ0n) is 18.1. The second-order valence-corrected chi connectivity index (χ2v) is 7.57. The first-order valence-electron chi connectivity index (χ1n) is 10.7. The number of hydrogen-bond acceptors (Lipinski definition) is 7. The van der Waals surface area contributed by atoms with Gasteiger partial charge in [0.05, 0.1) is 7.11 Å². The minimum atomic E-state index is 0.522. The SMILES string of the molecule is COc1cccc(Nc2ccnc(Nc3ccc(OCCN4CCCC4)cc3)n2)c1C.